The van der Waals surface area contributed by atoms with Crippen molar-refractivity contribution in [3.8, 4) is 11.5 Å². The third-order valence-electron chi connectivity index (χ3n) is 4.50. The summed E-state index contributed by atoms with van der Waals surface area (Å²) in [5.41, 5.74) is 0.759. The number of carbonyl (C=O) groups is 1. The lowest BCUT2D eigenvalue weighted by molar-refractivity contribution is 0.0935. The molecule has 1 aliphatic rings. The fourth-order valence-corrected chi connectivity index (χ4v) is 3.50. The summed E-state index contributed by atoms with van der Waals surface area (Å²) in [6.45, 7) is 6.63. The summed E-state index contributed by atoms with van der Waals surface area (Å²) in [4.78, 5) is 14.9. The molecule has 0 unspecified atom stereocenters. The quantitative estimate of drug-likeness (QED) is 0.799. The lowest BCUT2D eigenvalue weighted by Gasteiger charge is -2.23. The van der Waals surface area contributed by atoms with Crippen LogP contribution in [-0.2, 0) is 6.42 Å². The Morgan fingerprint density at radius 2 is 2.21 bits per heavy atom. The fourth-order valence-electron chi connectivity index (χ4n) is 3.20. The Kier molecular flexibility index (Phi) is 8.13. The van der Waals surface area contributed by atoms with Crippen molar-refractivity contribution < 1.29 is 14.6 Å². The van der Waals surface area contributed by atoms with Gasteiger partial charge < -0.3 is 15.2 Å². The first-order valence-corrected chi connectivity index (χ1v) is 8.51. The second kappa shape index (κ2) is 9.35. The lowest BCUT2D eigenvalue weighted by Crippen LogP contribution is -2.40. The zero-order valence-electron chi connectivity index (χ0n) is 14.4. The van der Waals surface area contributed by atoms with Crippen LogP contribution in [0.15, 0.2) is 6.07 Å². The third-order valence-corrected chi connectivity index (χ3v) is 4.78. The number of methoxy groups -OCH3 is 1. The number of phenols is 1. The topological polar surface area (TPSA) is 61.8 Å². The molecular weight excluding hydrogens is 351 g/mol. The summed E-state index contributed by atoms with van der Waals surface area (Å²) in [7, 11) is 1.44. The Morgan fingerprint density at radius 3 is 2.79 bits per heavy atom. The van der Waals surface area contributed by atoms with Crippen LogP contribution in [0.25, 0.3) is 0 Å². The van der Waals surface area contributed by atoms with E-state index in [-0.39, 0.29) is 35.4 Å². The molecule has 0 radical (unpaired) electrons. The minimum absolute atomic E-state index is 0. The highest BCUT2D eigenvalue weighted by molar-refractivity contribution is 6.33. The Balaban J connectivity index is 0.00000288. The minimum atomic E-state index is -0.348. The van der Waals surface area contributed by atoms with Crippen LogP contribution in [0, 0.1) is 0 Å². The first-order valence-electron chi connectivity index (χ1n) is 8.13. The number of benzene rings is 1. The molecule has 1 amide bonds. The molecule has 0 aliphatic carbocycles. The molecule has 0 saturated carbocycles. The van der Waals surface area contributed by atoms with Crippen LogP contribution >= 0.6 is 24.0 Å². The van der Waals surface area contributed by atoms with Gasteiger partial charge in [-0.25, -0.2) is 0 Å². The summed E-state index contributed by atoms with van der Waals surface area (Å²) < 4.78 is 5.23. The number of nitrogens with zero attached hydrogens (tertiary/aromatic N) is 1. The maximum atomic E-state index is 12.6. The first-order chi connectivity index (χ1) is 11.0. The number of rotatable bonds is 6. The van der Waals surface area contributed by atoms with E-state index in [0.717, 1.165) is 25.9 Å². The van der Waals surface area contributed by atoms with Gasteiger partial charge in [0, 0.05) is 12.6 Å². The highest BCUT2D eigenvalue weighted by Gasteiger charge is 2.26. The Bertz CT molecular complexity index is 581. The van der Waals surface area contributed by atoms with E-state index >= 15 is 0 Å². The number of hydrogen-bond donors (Lipinski definition) is 2. The number of aryl methyl sites for hydroxylation is 1. The molecule has 1 aliphatic heterocycles. The molecule has 24 heavy (non-hydrogen) atoms. The van der Waals surface area contributed by atoms with Gasteiger partial charge in [0.1, 0.15) is 11.3 Å². The molecule has 2 N–H and O–H groups in total. The van der Waals surface area contributed by atoms with E-state index in [9.17, 15) is 9.90 Å². The highest BCUT2D eigenvalue weighted by Crippen LogP contribution is 2.38. The van der Waals surface area contributed by atoms with E-state index in [1.165, 1.54) is 7.11 Å². The fraction of sp³-hybridized carbons (Fsp3) is 0.588. The zero-order valence-corrected chi connectivity index (χ0v) is 16.0. The number of hydrogen-bond acceptors (Lipinski definition) is 4. The molecule has 0 spiro atoms. The normalized spacial score (nSPS) is 17.4. The van der Waals surface area contributed by atoms with Gasteiger partial charge in [0.25, 0.3) is 5.91 Å². The number of likely N-dealkylation sites (N-methyl/N-ethyl adjacent to an activating group) is 1. The average Bonchev–Trinajstić information content (AvgIpc) is 3.01. The van der Waals surface area contributed by atoms with Gasteiger partial charge >= 0.3 is 0 Å². The SMILES string of the molecule is CCc1cc(Cl)c(OC)c(C(=O)NC[C@H]2CCCN2CC)c1O.Cl. The summed E-state index contributed by atoms with van der Waals surface area (Å²) in [5.74, 6) is -0.179. The van der Waals surface area contributed by atoms with Crippen molar-refractivity contribution in [2.24, 2.45) is 0 Å². The molecular formula is C17H26Cl2N2O3. The van der Waals surface area contributed by atoms with Crippen LogP contribution in [0.3, 0.4) is 0 Å². The van der Waals surface area contributed by atoms with E-state index < -0.39 is 0 Å². The third kappa shape index (κ3) is 4.26. The minimum Gasteiger partial charge on any atom is -0.507 e. The molecule has 2 rings (SSSR count). The van der Waals surface area contributed by atoms with Gasteiger partial charge in [0.2, 0.25) is 0 Å². The first kappa shape index (κ1) is 20.9. The Morgan fingerprint density at radius 1 is 1.50 bits per heavy atom. The van der Waals surface area contributed by atoms with Gasteiger partial charge in [-0.05, 0) is 44.0 Å². The van der Waals surface area contributed by atoms with Gasteiger partial charge in [0.05, 0.1) is 12.1 Å². The monoisotopic (exact) mass is 376 g/mol. The van der Waals surface area contributed by atoms with Crippen molar-refractivity contribution in [1.82, 2.24) is 10.2 Å². The Labute approximate surface area is 154 Å². The van der Waals surface area contributed by atoms with Crippen LogP contribution in [0.1, 0.15) is 42.6 Å². The number of halogens is 2. The van der Waals surface area contributed by atoms with E-state index in [2.05, 4.69) is 17.1 Å². The summed E-state index contributed by atoms with van der Waals surface area (Å²) in [6, 6.07) is 1.99. The van der Waals surface area contributed by atoms with Gasteiger partial charge in [-0.2, -0.15) is 0 Å². The van der Waals surface area contributed by atoms with E-state index in [0.29, 0.717) is 29.6 Å². The number of phenolic OH excluding ortho intramolecular Hbond substituents is 1. The average molecular weight is 377 g/mol. The van der Waals surface area contributed by atoms with Crippen molar-refractivity contribution >= 4 is 29.9 Å². The van der Waals surface area contributed by atoms with Crippen LogP contribution in [0.5, 0.6) is 11.5 Å². The van der Waals surface area contributed by atoms with Crippen LogP contribution < -0.4 is 10.1 Å². The molecule has 1 aromatic carbocycles. The lowest BCUT2D eigenvalue weighted by atomic mass is 10.0. The van der Waals surface area contributed by atoms with E-state index in [1.807, 2.05) is 6.92 Å². The van der Waals surface area contributed by atoms with Crippen LogP contribution in [0.2, 0.25) is 5.02 Å². The molecule has 5 nitrogen and oxygen atoms in total. The number of carbonyl (C=O) groups excluding carboxylic acids is 1. The second-order valence-corrected chi connectivity index (χ2v) is 6.17. The molecule has 0 aromatic heterocycles. The number of ether oxygens (including phenoxy) is 1. The second-order valence-electron chi connectivity index (χ2n) is 5.76. The molecule has 1 heterocycles. The molecule has 1 saturated heterocycles. The Hall–Kier alpha value is -1.17. The van der Waals surface area contributed by atoms with E-state index in [4.69, 9.17) is 16.3 Å². The van der Waals surface area contributed by atoms with Crippen molar-refractivity contribution in [3.05, 3.63) is 22.2 Å². The zero-order chi connectivity index (χ0) is 17.0. The predicted molar refractivity (Wildman–Crippen MR) is 98.9 cm³/mol. The maximum Gasteiger partial charge on any atom is 0.258 e. The van der Waals surface area contributed by atoms with Crippen molar-refractivity contribution in [1.29, 1.82) is 0 Å². The van der Waals surface area contributed by atoms with Gasteiger partial charge in [0.15, 0.2) is 5.75 Å². The van der Waals surface area contributed by atoms with Crippen molar-refractivity contribution in [3.63, 3.8) is 0 Å². The summed E-state index contributed by atoms with van der Waals surface area (Å²) >= 11 is 6.18. The van der Waals surface area contributed by atoms with Crippen molar-refractivity contribution in [2.45, 2.75) is 39.2 Å². The van der Waals surface area contributed by atoms with E-state index in [1.54, 1.807) is 6.07 Å². The van der Waals surface area contributed by atoms with Gasteiger partial charge in [-0.1, -0.05) is 25.4 Å². The number of amides is 1. The smallest absolute Gasteiger partial charge is 0.258 e. The highest BCUT2D eigenvalue weighted by atomic mass is 35.5. The predicted octanol–water partition coefficient (Wildman–Crippen LogP) is 3.25. The number of nitrogens with one attached hydrogen (secondary N) is 1. The van der Waals surface area contributed by atoms with Crippen LogP contribution in [-0.4, -0.2) is 48.7 Å². The van der Waals surface area contributed by atoms with Crippen LogP contribution in [0.4, 0.5) is 0 Å². The molecule has 1 atom stereocenters. The summed E-state index contributed by atoms with van der Waals surface area (Å²) in [5, 5.41) is 13.6. The standard InChI is InChI=1S/C17H25ClN2O3.ClH/c1-4-11-9-13(18)16(23-3)14(15(11)21)17(22)19-10-12-7-6-8-20(12)5-2;/h9,12,21H,4-8,10H2,1-3H3,(H,19,22);1H/t12-;/m1./s1. The summed E-state index contributed by atoms with van der Waals surface area (Å²) in [6.07, 6.45) is 2.81. The molecule has 136 valence electrons. The van der Waals surface area contributed by atoms with Gasteiger partial charge in [-0.15, -0.1) is 12.4 Å². The molecule has 7 heteroatoms. The number of likely N-dealkylation sites (tertiary alicyclic amines) is 1. The van der Waals surface area contributed by atoms with Gasteiger partial charge in [-0.3, -0.25) is 9.69 Å². The van der Waals surface area contributed by atoms with Crippen molar-refractivity contribution in [2.75, 3.05) is 26.7 Å². The largest absolute Gasteiger partial charge is 0.507 e. The maximum absolute atomic E-state index is 12.6. The molecule has 1 fully saturated rings. The number of aromatic hydroxyl groups is 1. The molecule has 0 bridgehead atoms. The molecule has 1 aromatic rings.